The fourth-order valence-electron chi connectivity index (χ4n) is 2.98. The van der Waals surface area contributed by atoms with Crippen molar-refractivity contribution in [2.24, 2.45) is 4.99 Å². The maximum atomic E-state index is 12.2. The number of fused-ring (bicyclic) bond motifs is 1. The topological polar surface area (TPSA) is 87.9 Å². The molecule has 0 aliphatic carbocycles. The van der Waals surface area contributed by atoms with Crippen molar-refractivity contribution in [2.45, 2.75) is 13.5 Å². The average Bonchev–Trinajstić information content (AvgIpc) is 3.09. The van der Waals surface area contributed by atoms with Crippen molar-refractivity contribution in [3.63, 3.8) is 0 Å². The molecule has 1 amide bonds. The second-order valence-corrected chi connectivity index (χ2v) is 6.48. The Morgan fingerprint density at radius 1 is 1.03 bits per heavy atom. The molecule has 7 heteroatoms. The highest BCUT2D eigenvalue weighted by Crippen LogP contribution is 2.24. The summed E-state index contributed by atoms with van der Waals surface area (Å²) in [6.07, 6.45) is 0. The molecule has 3 N–H and O–H groups in total. The number of rotatable bonds is 7. The molecule has 1 heterocycles. The van der Waals surface area contributed by atoms with Crippen LogP contribution in [0.2, 0.25) is 0 Å². The predicted molar refractivity (Wildman–Crippen MR) is 114 cm³/mol. The van der Waals surface area contributed by atoms with E-state index in [2.05, 4.69) is 27.0 Å². The maximum Gasteiger partial charge on any atom is 0.251 e. The van der Waals surface area contributed by atoms with Gasteiger partial charge in [-0.2, -0.15) is 0 Å². The lowest BCUT2D eigenvalue weighted by Gasteiger charge is -2.12. The summed E-state index contributed by atoms with van der Waals surface area (Å²) in [5, 5.41) is 10.4. The first-order valence-electron chi connectivity index (χ1n) is 9.46. The summed E-state index contributed by atoms with van der Waals surface area (Å²) in [6, 6.07) is 15.0. The van der Waals surface area contributed by atoms with Crippen LogP contribution in [0.4, 0.5) is 0 Å². The fraction of sp³-hybridized carbons (Fsp3) is 0.273. The largest absolute Gasteiger partial charge is 0.497 e. The first kappa shape index (κ1) is 20.3. The Morgan fingerprint density at radius 3 is 2.45 bits per heavy atom. The van der Waals surface area contributed by atoms with Crippen LogP contribution in [0.3, 0.4) is 0 Å². The number of carbonyl (C=O) groups is 1. The monoisotopic (exact) mass is 394 g/mol. The molecule has 29 heavy (non-hydrogen) atoms. The number of amides is 1. The number of carbonyl (C=O) groups excluding carboxylic acids is 1. The quantitative estimate of drug-likeness (QED) is 0.326. The van der Waals surface area contributed by atoms with E-state index < -0.39 is 0 Å². The van der Waals surface area contributed by atoms with Crippen LogP contribution in [0.5, 0.6) is 5.75 Å². The van der Waals surface area contributed by atoms with Crippen molar-refractivity contribution in [2.75, 3.05) is 27.2 Å². The number of para-hydroxylation sites is 1. The minimum absolute atomic E-state index is 0.129. The number of guanidine groups is 1. The van der Waals surface area contributed by atoms with Crippen molar-refractivity contribution < 1.29 is 13.9 Å². The molecule has 3 rings (SSSR count). The van der Waals surface area contributed by atoms with E-state index in [0.717, 1.165) is 28.0 Å². The Labute approximate surface area is 170 Å². The summed E-state index contributed by atoms with van der Waals surface area (Å²) in [7, 11) is 3.30. The molecule has 152 valence electrons. The minimum Gasteiger partial charge on any atom is -0.497 e. The van der Waals surface area contributed by atoms with Crippen LogP contribution >= 0.6 is 0 Å². The third-order valence-corrected chi connectivity index (χ3v) is 4.64. The van der Waals surface area contributed by atoms with E-state index in [9.17, 15) is 4.79 Å². The molecule has 0 fully saturated rings. The number of methoxy groups -OCH3 is 1. The Morgan fingerprint density at radius 2 is 1.76 bits per heavy atom. The summed E-state index contributed by atoms with van der Waals surface area (Å²) in [4.78, 5) is 16.4. The van der Waals surface area contributed by atoms with Crippen LogP contribution in [0, 0.1) is 6.92 Å². The van der Waals surface area contributed by atoms with Crippen LogP contribution in [0.25, 0.3) is 11.0 Å². The number of hydrogen-bond donors (Lipinski definition) is 3. The molecule has 1 aromatic heterocycles. The van der Waals surface area contributed by atoms with Crippen LogP contribution in [-0.4, -0.2) is 39.1 Å². The van der Waals surface area contributed by atoms with Gasteiger partial charge in [-0.15, -0.1) is 0 Å². The summed E-state index contributed by atoms with van der Waals surface area (Å²) < 4.78 is 11.0. The molecule has 0 saturated heterocycles. The lowest BCUT2D eigenvalue weighted by Crippen LogP contribution is -2.41. The number of aryl methyl sites for hydroxylation is 1. The zero-order chi connectivity index (χ0) is 20.6. The number of nitrogens with one attached hydrogen (secondary N) is 3. The molecule has 0 bridgehead atoms. The van der Waals surface area contributed by atoms with Gasteiger partial charge < -0.3 is 25.1 Å². The predicted octanol–water partition coefficient (Wildman–Crippen LogP) is 2.84. The van der Waals surface area contributed by atoms with E-state index in [1.165, 1.54) is 0 Å². The van der Waals surface area contributed by atoms with Gasteiger partial charge in [-0.1, -0.05) is 18.2 Å². The highest BCUT2D eigenvalue weighted by molar-refractivity contribution is 5.94. The normalized spacial score (nSPS) is 11.3. The van der Waals surface area contributed by atoms with Crippen molar-refractivity contribution in [1.29, 1.82) is 0 Å². The highest BCUT2D eigenvalue weighted by Gasteiger charge is 2.10. The van der Waals surface area contributed by atoms with Crippen LogP contribution in [0.15, 0.2) is 57.9 Å². The van der Waals surface area contributed by atoms with Gasteiger partial charge in [0.1, 0.15) is 17.1 Å². The molecular formula is C22H26N4O3. The van der Waals surface area contributed by atoms with Crippen LogP contribution in [0.1, 0.15) is 21.7 Å². The minimum atomic E-state index is -0.129. The fourth-order valence-corrected chi connectivity index (χ4v) is 2.98. The maximum absolute atomic E-state index is 12.2. The number of nitrogens with zero attached hydrogens (tertiary/aromatic N) is 1. The van der Waals surface area contributed by atoms with Crippen molar-refractivity contribution >= 4 is 22.8 Å². The molecule has 0 aliphatic rings. The molecule has 0 spiro atoms. The molecule has 2 aromatic carbocycles. The number of benzene rings is 2. The standard InChI is InChI=1S/C22H26N4O3/c1-15-18-6-4-5-7-19(18)29-20(15)14-26-22(23-2)25-13-12-24-21(27)16-8-10-17(28-3)11-9-16/h4-11H,12-14H2,1-3H3,(H,24,27)(H2,23,25,26). The van der Waals surface area contributed by atoms with Gasteiger partial charge in [-0.05, 0) is 37.3 Å². The van der Waals surface area contributed by atoms with Gasteiger partial charge in [0.25, 0.3) is 5.91 Å². The first-order chi connectivity index (χ1) is 14.1. The van der Waals surface area contributed by atoms with Crippen LogP contribution < -0.4 is 20.7 Å². The van der Waals surface area contributed by atoms with Gasteiger partial charge in [0.05, 0.1) is 13.7 Å². The lowest BCUT2D eigenvalue weighted by atomic mass is 10.1. The molecule has 7 nitrogen and oxygen atoms in total. The van der Waals surface area contributed by atoms with Gasteiger partial charge in [-0.25, -0.2) is 0 Å². The van der Waals surface area contributed by atoms with E-state index >= 15 is 0 Å². The van der Waals surface area contributed by atoms with Gasteiger partial charge in [0.15, 0.2) is 5.96 Å². The summed E-state index contributed by atoms with van der Waals surface area (Å²) >= 11 is 0. The third-order valence-electron chi connectivity index (χ3n) is 4.64. The average molecular weight is 394 g/mol. The summed E-state index contributed by atoms with van der Waals surface area (Å²) in [5.74, 6) is 2.11. The molecule has 0 radical (unpaired) electrons. The van der Waals surface area contributed by atoms with E-state index in [0.29, 0.717) is 31.2 Å². The summed E-state index contributed by atoms with van der Waals surface area (Å²) in [6.45, 7) is 3.59. The smallest absolute Gasteiger partial charge is 0.251 e. The molecule has 3 aromatic rings. The number of ether oxygens (including phenoxy) is 1. The van der Waals surface area contributed by atoms with Crippen molar-refractivity contribution in [3.8, 4) is 5.75 Å². The molecule has 0 atom stereocenters. The molecule has 0 aliphatic heterocycles. The Bertz CT molecular complexity index is 993. The third kappa shape index (κ3) is 5.07. The second-order valence-electron chi connectivity index (χ2n) is 6.48. The second kappa shape index (κ2) is 9.64. The van der Waals surface area contributed by atoms with Crippen molar-refractivity contribution in [3.05, 3.63) is 65.4 Å². The van der Waals surface area contributed by atoms with E-state index in [1.54, 1.807) is 38.4 Å². The molecule has 0 saturated carbocycles. The number of furan rings is 1. The molecular weight excluding hydrogens is 368 g/mol. The Kier molecular flexibility index (Phi) is 6.73. The lowest BCUT2D eigenvalue weighted by molar-refractivity contribution is 0.0954. The highest BCUT2D eigenvalue weighted by atomic mass is 16.5. The van der Waals surface area contributed by atoms with E-state index in [-0.39, 0.29) is 5.91 Å². The van der Waals surface area contributed by atoms with Gasteiger partial charge in [-0.3, -0.25) is 9.79 Å². The van der Waals surface area contributed by atoms with E-state index in [1.807, 2.05) is 25.1 Å². The van der Waals surface area contributed by atoms with Gasteiger partial charge >= 0.3 is 0 Å². The number of hydrogen-bond acceptors (Lipinski definition) is 4. The zero-order valence-electron chi connectivity index (χ0n) is 16.9. The zero-order valence-corrected chi connectivity index (χ0v) is 16.9. The Hall–Kier alpha value is -3.48. The molecule has 0 unspecified atom stereocenters. The van der Waals surface area contributed by atoms with Gasteiger partial charge in [0.2, 0.25) is 0 Å². The van der Waals surface area contributed by atoms with Crippen molar-refractivity contribution in [1.82, 2.24) is 16.0 Å². The van der Waals surface area contributed by atoms with Gasteiger partial charge in [0, 0.05) is 36.7 Å². The number of aliphatic imine (C=N–C) groups is 1. The Balaban J connectivity index is 1.44. The first-order valence-corrected chi connectivity index (χ1v) is 9.46. The van der Waals surface area contributed by atoms with E-state index in [4.69, 9.17) is 9.15 Å². The summed E-state index contributed by atoms with van der Waals surface area (Å²) in [5.41, 5.74) is 2.59. The SMILES string of the molecule is CN=C(NCCNC(=O)c1ccc(OC)cc1)NCc1oc2ccccc2c1C. The van der Waals surface area contributed by atoms with Crippen LogP contribution in [-0.2, 0) is 6.54 Å².